The molecule has 4 heteroatoms. The monoisotopic (exact) mass is 312 g/mol. The highest BCUT2D eigenvalue weighted by Gasteiger charge is 2.50. The SMILES string of the molecule is CN=C(NCc1ccccn1)NCC12CC3CC(CC(C3)C1)C2. The van der Waals surface area contributed by atoms with E-state index in [0.717, 1.165) is 42.5 Å². The Morgan fingerprint density at radius 2 is 1.83 bits per heavy atom. The minimum absolute atomic E-state index is 0.539. The lowest BCUT2D eigenvalue weighted by molar-refractivity contribution is -0.0492. The topological polar surface area (TPSA) is 49.3 Å². The zero-order valence-electron chi connectivity index (χ0n) is 14.1. The van der Waals surface area contributed by atoms with Gasteiger partial charge in [0.2, 0.25) is 0 Å². The van der Waals surface area contributed by atoms with E-state index in [-0.39, 0.29) is 0 Å². The van der Waals surface area contributed by atoms with Crippen molar-refractivity contribution >= 4 is 5.96 Å². The molecule has 0 saturated heterocycles. The number of nitrogens with zero attached hydrogens (tertiary/aromatic N) is 2. The zero-order chi connectivity index (χ0) is 15.7. The molecular formula is C19H28N4. The zero-order valence-corrected chi connectivity index (χ0v) is 14.1. The van der Waals surface area contributed by atoms with Crippen molar-refractivity contribution in [2.24, 2.45) is 28.2 Å². The van der Waals surface area contributed by atoms with Crippen LogP contribution < -0.4 is 10.6 Å². The van der Waals surface area contributed by atoms with Gasteiger partial charge >= 0.3 is 0 Å². The molecule has 4 nitrogen and oxygen atoms in total. The maximum atomic E-state index is 4.39. The molecule has 4 aliphatic carbocycles. The minimum Gasteiger partial charge on any atom is -0.356 e. The largest absolute Gasteiger partial charge is 0.356 e. The summed E-state index contributed by atoms with van der Waals surface area (Å²) in [5.74, 6) is 3.93. The molecule has 4 bridgehead atoms. The Bertz CT molecular complexity index is 531. The first kappa shape index (κ1) is 15.0. The van der Waals surface area contributed by atoms with Crippen LogP contribution in [0.15, 0.2) is 29.4 Å². The van der Waals surface area contributed by atoms with Crippen LogP contribution in [0, 0.1) is 23.2 Å². The summed E-state index contributed by atoms with van der Waals surface area (Å²) in [5.41, 5.74) is 1.59. The molecule has 4 saturated carbocycles. The third-order valence-electron chi connectivity index (χ3n) is 6.18. The Hall–Kier alpha value is -1.58. The molecule has 1 aromatic rings. The molecule has 0 aliphatic heterocycles. The number of aliphatic imine (C=N–C) groups is 1. The van der Waals surface area contributed by atoms with Gasteiger partial charge in [-0.05, 0) is 73.8 Å². The summed E-state index contributed by atoms with van der Waals surface area (Å²) in [5, 5.41) is 7.00. The smallest absolute Gasteiger partial charge is 0.191 e. The highest BCUT2D eigenvalue weighted by molar-refractivity contribution is 5.79. The van der Waals surface area contributed by atoms with Crippen molar-refractivity contribution < 1.29 is 0 Å². The fourth-order valence-electron chi connectivity index (χ4n) is 5.68. The average Bonchev–Trinajstić information content (AvgIpc) is 2.55. The standard InChI is InChI=1S/C19H28N4/c1-20-18(22-12-17-4-2-3-5-21-17)23-13-19-9-14-6-15(10-19)8-16(7-14)11-19/h2-5,14-16H,6-13H2,1H3,(H2,20,22,23). The van der Waals surface area contributed by atoms with Crippen molar-refractivity contribution in [3.05, 3.63) is 30.1 Å². The Kier molecular flexibility index (Phi) is 4.00. The van der Waals surface area contributed by atoms with Crippen molar-refractivity contribution in [3.63, 3.8) is 0 Å². The molecule has 0 spiro atoms. The van der Waals surface area contributed by atoms with Gasteiger partial charge in [-0.2, -0.15) is 0 Å². The van der Waals surface area contributed by atoms with Crippen LogP contribution in [0.2, 0.25) is 0 Å². The summed E-state index contributed by atoms with van der Waals surface area (Å²) in [6, 6.07) is 6.01. The molecule has 4 fully saturated rings. The lowest BCUT2D eigenvalue weighted by Gasteiger charge is -2.57. The molecule has 0 radical (unpaired) electrons. The second kappa shape index (κ2) is 6.14. The Morgan fingerprint density at radius 1 is 1.13 bits per heavy atom. The van der Waals surface area contributed by atoms with E-state index >= 15 is 0 Å². The van der Waals surface area contributed by atoms with Crippen molar-refractivity contribution in [2.45, 2.75) is 45.1 Å². The predicted molar refractivity (Wildman–Crippen MR) is 93.0 cm³/mol. The molecule has 0 amide bonds. The number of nitrogens with one attached hydrogen (secondary N) is 2. The van der Waals surface area contributed by atoms with Crippen LogP contribution in [0.1, 0.15) is 44.2 Å². The highest BCUT2D eigenvalue weighted by atomic mass is 15.2. The van der Waals surface area contributed by atoms with Crippen molar-refractivity contribution in [2.75, 3.05) is 13.6 Å². The number of aromatic nitrogens is 1. The van der Waals surface area contributed by atoms with Gasteiger partial charge in [-0.15, -0.1) is 0 Å². The van der Waals surface area contributed by atoms with Gasteiger partial charge in [0, 0.05) is 19.8 Å². The third kappa shape index (κ3) is 3.22. The molecule has 23 heavy (non-hydrogen) atoms. The van der Waals surface area contributed by atoms with Gasteiger partial charge in [0.05, 0.1) is 12.2 Å². The fraction of sp³-hybridized carbons (Fsp3) is 0.684. The van der Waals surface area contributed by atoms with Gasteiger partial charge in [0.1, 0.15) is 0 Å². The normalized spacial score (nSPS) is 35.3. The van der Waals surface area contributed by atoms with Gasteiger partial charge in [-0.3, -0.25) is 9.98 Å². The van der Waals surface area contributed by atoms with Crippen LogP contribution in [0.3, 0.4) is 0 Å². The van der Waals surface area contributed by atoms with E-state index in [1.54, 1.807) is 0 Å². The third-order valence-corrected chi connectivity index (χ3v) is 6.18. The van der Waals surface area contributed by atoms with E-state index in [0.29, 0.717) is 5.41 Å². The summed E-state index contributed by atoms with van der Waals surface area (Å²) >= 11 is 0. The molecule has 0 aromatic carbocycles. The summed E-state index contributed by atoms with van der Waals surface area (Å²) < 4.78 is 0. The number of hydrogen-bond acceptors (Lipinski definition) is 2. The molecule has 2 N–H and O–H groups in total. The number of guanidine groups is 1. The molecule has 124 valence electrons. The van der Waals surface area contributed by atoms with Crippen LogP contribution in [-0.4, -0.2) is 24.5 Å². The van der Waals surface area contributed by atoms with E-state index < -0.39 is 0 Å². The van der Waals surface area contributed by atoms with Crippen LogP contribution in [0.5, 0.6) is 0 Å². The number of rotatable bonds is 4. The minimum atomic E-state index is 0.539. The first-order valence-corrected chi connectivity index (χ1v) is 9.09. The first-order valence-electron chi connectivity index (χ1n) is 9.09. The van der Waals surface area contributed by atoms with E-state index in [1.165, 1.54) is 38.5 Å². The molecule has 5 rings (SSSR count). The number of pyridine rings is 1. The first-order chi connectivity index (χ1) is 11.2. The summed E-state index contributed by atoms with van der Waals surface area (Å²) in [6.07, 6.45) is 10.7. The Balaban J connectivity index is 1.32. The molecule has 1 heterocycles. The molecule has 1 aromatic heterocycles. The van der Waals surface area contributed by atoms with Crippen LogP contribution in [-0.2, 0) is 6.54 Å². The number of hydrogen-bond donors (Lipinski definition) is 2. The molecule has 4 aliphatic rings. The molecule has 0 unspecified atom stereocenters. The van der Waals surface area contributed by atoms with Gasteiger partial charge < -0.3 is 10.6 Å². The van der Waals surface area contributed by atoms with Gasteiger partial charge in [-0.25, -0.2) is 0 Å². The van der Waals surface area contributed by atoms with E-state index in [1.807, 2.05) is 31.4 Å². The van der Waals surface area contributed by atoms with Gasteiger partial charge in [0.15, 0.2) is 5.96 Å². The average molecular weight is 312 g/mol. The van der Waals surface area contributed by atoms with Crippen LogP contribution in [0.25, 0.3) is 0 Å². The van der Waals surface area contributed by atoms with Crippen LogP contribution in [0.4, 0.5) is 0 Å². The van der Waals surface area contributed by atoms with Crippen molar-refractivity contribution in [3.8, 4) is 0 Å². The lowest BCUT2D eigenvalue weighted by Crippen LogP contribution is -2.52. The van der Waals surface area contributed by atoms with Crippen LogP contribution >= 0.6 is 0 Å². The van der Waals surface area contributed by atoms with Gasteiger partial charge in [-0.1, -0.05) is 6.07 Å². The lowest BCUT2D eigenvalue weighted by atomic mass is 9.49. The quantitative estimate of drug-likeness (QED) is 0.664. The predicted octanol–water partition coefficient (Wildman–Crippen LogP) is 2.96. The fourth-order valence-corrected chi connectivity index (χ4v) is 5.68. The molecule has 0 atom stereocenters. The summed E-state index contributed by atoms with van der Waals surface area (Å²) in [7, 11) is 1.85. The van der Waals surface area contributed by atoms with E-state index in [9.17, 15) is 0 Å². The van der Waals surface area contributed by atoms with Crippen molar-refractivity contribution in [1.82, 2.24) is 15.6 Å². The van der Waals surface area contributed by atoms with E-state index in [2.05, 4.69) is 20.6 Å². The Morgan fingerprint density at radius 3 is 2.39 bits per heavy atom. The maximum Gasteiger partial charge on any atom is 0.191 e. The van der Waals surface area contributed by atoms with Gasteiger partial charge in [0.25, 0.3) is 0 Å². The Labute approximate surface area is 139 Å². The highest BCUT2D eigenvalue weighted by Crippen LogP contribution is 2.59. The maximum absolute atomic E-state index is 4.39. The van der Waals surface area contributed by atoms with Crippen molar-refractivity contribution in [1.29, 1.82) is 0 Å². The second-order valence-corrected chi connectivity index (χ2v) is 8.02. The molecular weight excluding hydrogens is 284 g/mol. The summed E-state index contributed by atoms with van der Waals surface area (Å²) in [4.78, 5) is 8.74. The second-order valence-electron chi connectivity index (χ2n) is 8.02. The summed E-state index contributed by atoms with van der Waals surface area (Å²) in [6.45, 7) is 1.81. The van der Waals surface area contributed by atoms with E-state index in [4.69, 9.17) is 0 Å².